The van der Waals surface area contributed by atoms with E-state index >= 15 is 0 Å². The van der Waals surface area contributed by atoms with Crippen LogP contribution in [0, 0.1) is 0 Å². The normalized spacial score (nSPS) is 12.7. The summed E-state index contributed by atoms with van der Waals surface area (Å²) in [6.07, 6.45) is 4.49. The Morgan fingerprint density at radius 3 is 2.95 bits per heavy atom. The molecule has 0 radical (unpaired) electrons. The van der Waals surface area contributed by atoms with Gasteiger partial charge in [0.2, 0.25) is 0 Å². The van der Waals surface area contributed by atoms with Crippen molar-refractivity contribution in [1.82, 2.24) is 20.0 Å². The molecule has 0 amide bonds. The molecule has 0 fully saturated rings. The summed E-state index contributed by atoms with van der Waals surface area (Å²) in [5.74, 6) is 0. The molecule has 0 aliphatic carbocycles. The van der Waals surface area contributed by atoms with E-state index < -0.39 is 0 Å². The molecule has 0 bridgehead atoms. The Morgan fingerprint density at radius 1 is 1.26 bits per heavy atom. The smallest absolute Gasteiger partial charge is 0.0998 e. The number of nitrogens with zero attached hydrogens (tertiary/aromatic N) is 4. The van der Waals surface area contributed by atoms with Crippen LogP contribution in [0.3, 0.4) is 0 Å². The van der Waals surface area contributed by atoms with Crippen LogP contribution in [0.4, 0.5) is 0 Å². The SMILES string of the molecule is CCC(N)c1cn(-c2cccc3cccnc23)nn1. The molecule has 1 atom stereocenters. The van der Waals surface area contributed by atoms with Gasteiger partial charge in [-0.1, -0.05) is 30.3 Å². The highest BCUT2D eigenvalue weighted by Gasteiger charge is 2.11. The molecule has 1 unspecified atom stereocenters. The van der Waals surface area contributed by atoms with Crippen LogP contribution in [0.1, 0.15) is 25.1 Å². The standard InChI is InChI=1S/C14H15N5/c1-2-11(15)12-9-19(18-17-12)13-7-3-5-10-6-4-8-16-14(10)13/h3-9,11H,2,15H2,1H3. The Kier molecular flexibility index (Phi) is 2.97. The molecule has 3 rings (SSSR count). The molecule has 5 heteroatoms. The van der Waals surface area contributed by atoms with Gasteiger partial charge in [0, 0.05) is 11.6 Å². The first-order valence-corrected chi connectivity index (χ1v) is 6.31. The molecular weight excluding hydrogens is 238 g/mol. The zero-order valence-electron chi connectivity index (χ0n) is 10.7. The molecule has 0 saturated heterocycles. The minimum Gasteiger partial charge on any atom is -0.323 e. The summed E-state index contributed by atoms with van der Waals surface area (Å²) < 4.78 is 1.74. The van der Waals surface area contributed by atoms with Crippen molar-refractivity contribution in [3.05, 3.63) is 48.4 Å². The molecule has 2 N–H and O–H groups in total. The maximum absolute atomic E-state index is 5.97. The Bertz CT molecular complexity index is 698. The zero-order valence-corrected chi connectivity index (χ0v) is 10.7. The van der Waals surface area contributed by atoms with Crippen molar-refractivity contribution in [2.45, 2.75) is 19.4 Å². The number of pyridine rings is 1. The second-order valence-corrected chi connectivity index (χ2v) is 4.45. The number of para-hydroxylation sites is 1. The van der Waals surface area contributed by atoms with Crippen molar-refractivity contribution < 1.29 is 0 Å². The summed E-state index contributed by atoms with van der Waals surface area (Å²) in [5, 5.41) is 9.36. The lowest BCUT2D eigenvalue weighted by Gasteiger charge is -2.04. The predicted octanol–water partition coefficient (Wildman–Crippen LogP) is 2.23. The number of rotatable bonds is 3. The summed E-state index contributed by atoms with van der Waals surface area (Å²) in [4.78, 5) is 4.41. The molecule has 0 spiro atoms. The first-order valence-electron chi connectivity index (χ1n) is 6.31. The van der Waals surface area contributed by atoms with Crippen LogP contribution >= 0.6 is 0 Å². The third-order valence-electron chi connectivity index (χ3n) is 3.19. The maximum Gasteiger partial charge on any atom is 0.0998 e. The lowest BCUT2D eigenvalue weighted by molar-refractivity contribution is 0.670. The van der Waals surface area contributed by atoms with Crippen molar-refractivity contribution in [1.29, 1.82) is 0 Å². The highest BCUT2D eigenvalue weighted by atomic mass is 15.4. The van der Waals surface area contributed by atoms with Gasteiger partial charge in [-0.3, -0.25) is 4.98 Å². The van der Waals surface area contributed by atoms with E-state index in [1.807, 2.05) is 43.5 Å². The number of fused-ring (bicyclic) bond motifs is 1. The van der Waals surface area contributed by atoms with E-state index in [0.717, 1.165) is 28.7 Å². The molecule has 0 aliphatic rings. The van der Waals surface area contributed by atoms with Crippen molar-refractivity contribution in [2.24, 2.45) is 5.73 Å². The van der Waals surface area contributed by atoms with Crippen molar-refractivity contribution in [2.75, 3.05) is 0 Å². The van der Waals surface area contributed by atoms with Crippen LogP contribution in [0.5, 0.6) is 0 Å². The van der Waals surface area contributed by atoms with E-state index in [1.165, 1.54) is 0 Å². The van der Waals surface area contributed by atoms with Gasteiger partial charge in [0.1, 0.15) is 0 Å². The van der Waals surface area contributed by atoms with Gasteiger partial charge >= 0.3 is 0 Å². The van der Waals surface area contributed by atoms with E-state index in [1.54, 1.807) is 10.9 Å². The monoisotopic (exact) mass is 253 g/mol. The Hall–Kier alpha value is -2.27. The molecule has 1 aromatic carbocycles. The average molecular weight is 253 g/mol. The minimum absolute atomic E-state index is 0.0725. The fraction of sp³-hybridized carbons (Fsp3) is 0.214. The lowest BCUT2D eigenvalue weighted by Crippen LogP contribution is -2.08. The van der Waals surface area contributed by atoms with Crippen molar-refractivity contribution >= 4 is 10.9 Å². The van der Waals surface area contributed by atoms with Gasteiger partial charge in [0.15, 0.2) is 0 Å². The van der Waals surface area contributed by atoms with Crippen LogP contribution in [-0.4, -0.2) is 20.0 Å². The molecule has 2 heterocycles. The summed E-state index contributed by atoms with van der Waals surface area (Å²) in [6.45, 7) is 2.03. The van der Waals surface area contributed by atoms with Gasteiger partial charge < -0.3 is 5.73 Å². The predicted molar refractivity (Wildman–Crippen MR) is 73.9 cm³/mol. The van der Waals surface area contributed by atoms with Gasteiger partial charge in [0.05, 0.1) is 29.1 Å². The van der Waals surface area contributed by atoms with E-state index in [4.69, 9.17) is 5.73 Å². The summed E-state index contributed by atoms with van der Waals surface area (Å²) in [6, 6.07) is 9.87. The number of nitrogens with two attached hydrogens (primary N) is 1. The van der Waals surface area contributed by atoms with Crippen molar-refractivity contribution in [3.63, 3.8) is 0 Å². The lowest BCUT2D eigenvalue weighted by atomic mass is 10.2. The second kappa shape index (κ2) is 4.78. The summed E-state index contributed by atoms with van der Waals surface area (Å²) in [5.41, 5.74) is 8.59. The molecule has 3 aromatic rings. The van der Waals surface area contributed by atoms with E-state index in [-0.39, 0.29) is 6.04 Å². The third-order valence-corrected chi connectivity index (χ3v) is 3.19. The first-order chi connectivity index (χ1) is 9.29. The number of aromatic nitrogens is 4. The zero-order chi connectivity index (χ0) is 13.2. The van der Waals surface area contributed by atoms with Gasteiger partial charge in [-0.25, -0.2) is 4.68 Å². The molecule has 96 valence electrons. The van der Waals surface area contributed by atoms with Crippen LogP contribution in [-0.2, 0) is 0 Å². The van der Waals surface area contributed by atoms with Crippen LogP contribution in [0.25, 0.3) is 16.6 Å². The molecule has 2 aromatic heterocycles. The Balaban J connectivity index is 2.12. The quantitative estimate of drug-likeness (QED) is 0.777. The number of hydrogen-bond acceptors (Lipinski definition) is 4. The summed E-state index contributed by atoms with van der Waals surface area (Å²) >= 11 is 0. The van der Waals surface area contributed by atoms with Crippen molar-refractivity contribution in [3.8, 4) is 5.69 Å². The Labute approximate surface area is 111 Å². The Morgan fingerprint density at radius 2 is 2.11 bits per heavy atom. The van der Waals surface area contributed by atoms with Crippen LogP contribution < -0.4 is 5.73 Å². The van der Waals surface area contributed by atoms with Gasteiger partial charge in [0.25, 0.3) is 0 Å². The molecular formula is C14H15N5. The molecule has 19 heavy (non-hydrogen) atoms. The third kappa shape index (κ3) is 2.08. The summed E-state index contributed by atoms with van der Waals surface area (Å²) in [7, 11) is 0. The maximum atomic E-state index is 5.97. The molecule has 0 saturated carbocycles. The average Bonchev–Trinajstić information content (AvgIpc) is 2.95. The highest BCUT2D eigenvalue weighted by Crippen LogP contribution is 2.20. The largest absolute Gasteiger partial charge is 0.323 e. The molecule has 0 aliphatic heterocycles. The van der Waals surface area contributed by atoms with Crippen LogP contribution in [0.15, 0.2) is 42.7 Å². The second-order valence-electron chi connectivity index (χ2n) is 4.45. The fourth-order valence-electron chi connectivity index (χ4n) is 2.05. The number of hydrogen-bond donors (Lipinski definition) is 1. The highest BCUT2D eigenvalue weighted by molar-refractivity contribution is 5.85. The molecule has 5 nitrogen and oxygen atoms in total. The van der Waals surface area contributed by atoms with Gasteiger partial charge in [-0.05, 0) is 18.6 Å². The fourth-order valence-corrected chi connectivity index (χ4v) is 2.05. The minimum atomic E-state index is -0.0725. The first kappa shape index (κ1) is 11.8. The van der Waals surface area contributed by atoms with Crippen LogP contribution in [0.2, 0.25) is 0 Å². The number of benzene rings is 1. The van der Waals surface area contributed by atoms with Gasteiger partial charge in [-0.2, -0.15) is 0 Å². The van der Waals surface area contributed by atoms with E-state index in [9.17, 15) is 0 Å². The van der Waals surface area contributed by atoms with Gasteiger partial charge in [-0.15, -0.1) is 5.10 Å². The van der Waals surface area contributed by atoms with E-state index in [2.05, 4.69) is 15.3 Å². The van der Waals surface area contributed by atoms with E-state index in [0.29, 0.717) is 0 Å². The topological polar surface area (TPSA) is 69.6 Å².